The van der Waals surface area contributed by atoms with Crippen LogP contribution >= 0.6 is 11.6 Å². The van der Waals surface area contributed by atoms with Gasteiger partial charge >= 0.3 is 0 Å². The molecule has 0 aliphatic carbocycles. The van der Waals surface area contributed by atoms with Crippen LogP contribution in [0.5, 0.6) is 0 Å². The molecule has 13 heavy (non-hydrogen) atoms. The van der Waals surface area contributed by atoms with Gasteiger partial charge in [0.15, 0.2) is 5.82 Å². The van der Waals surface area contributed by atoms with Gasteiger partial charge in [0.05, 0.1) is 5.02 Å². The molecule has 0 radical (unpaired) electrons. The topological polar surface area (TPSA) is 42.0 Å². The van der Waals surface area contributed by atoms with Gasteiger partial charge in [-0.1, -0.05) is 24.3 Å². The number of amides is 1. The molecule has 0 unspecified atom stereocenters. The van der Waals surface area contributed by atoms with E-state index in [0.717, 1.165) is 5.56 Å². The number of pyridine rings is 1. The zero-order valence-electron chi connectivity index (χ0n) is 7.17. The lowest BCUT2D eigenvalue weighted by Gasteiger charge is -2.03. The number of aromatic nitrogens is 1. The largest absolute Gasteiger partial charge is 0.310 e. The second-order valence-electron chi connectivity index (χ2n) is 2.48. The van der Waals surface area contributed by atoms with Crippen molar-refractivity contribution in [2.45, 2.75) is 6.92 Å². The Morgan fingerprint density at radius 1 is 1.77 bits per heavy atom. The van der Waals surface area contributed by atoms with Gasteiger partial charge in [-0.05, 0) is 11.6 Å². The molecule has 0 saturated carbocycles. The molecule has 0 bridgehead atoms. The minimum atomic E-state index is -0.194. The average molecular weight is 197 g/mol. The summed E-state index contributed by atoms with van der Waals surface area (Å²) in [6.45, 7) is 4.98. The number of hydrogen-bond donors (Lipinski definition) is 1. The predicted octanol–water partition coefficient (Wildman–Crippen LogP) is 2.34. The normalized spacial score (nSPS) is 9.38. The fourth-order valence-electron chi connectivity index (χ4n) is 0.823. The summed E-state index contributed by atoms with van der Waals surface area (Å²) >= 11 is 5.83. The molecule has 1 heterocycles. The first kappa shape index (κ1) is 9.74. The van der Waals surface area contributed by atoms with Crippen LogP contribution < -0.4 is 5.32 Å². The minimum absolute atomic E-state index is 0.194. The molecule has 0 saturated heterocycles. The molecule has 0 fully saturated rings. The number of rotatable bonds is 2. The third kappa shape index (κ3) is 2.56. The second-order valence-corrected chi connectivity index (χ2v) is 2.89. The molecule has 0 aromatic carbocycles. The summed E-state index contributed by atoms with van der Waals surface area (Å²) in [6, 6.07) is 1.69. The van der Waals surface area contributed by atoms with E-state index in [2.05, 4.69) is 16.9 Å². The van der Waals surface area contributed by atoms with Gasteiger partial charge in [-0.25, -0.2) is 4.98 Å². The maximum absolute atomic E-state index is 10.7. The van der Waals surface area contributed by atoms with Gasteiger partial charge < -0.3 is 5.32 Å². The van der Waals surface area contributed by atoms with Crippen molar-refractivity contribution in [2.75, 3.05) is 5.32 Å². The van der Waals surface area contributed by atoms with Gasteiger partial charge in [0.1, 0.15) is 0 Å². The van der Waals surface area contributed by atoms with Crippen molar-refractivity contribution in [3.63, 3.8) is 0 Å². The monoisotopic (exact) mass is 196 g/mol. The van der Waals surface area contributed by atoms with Crippen LogP contribution in [0.4, 0.5) is 5.82 Å². The van der Waals surface area contributed by atoms with Crippen molar-refractivity contribution in [2.24, 2.45) is 0 Å². The van der Waals surface area contributed by atoms with Gasteiger partial charge in [-0.3, -0.25) is 4.79 Å². The van der Waals surface area contributed by atoms with E-state index < -0.39 is 0 Å². The third-order valence-corrected chi connectivity index (χ3v) is 1.68. The van der Waals surface area contributed by atoms with Crippen molar-refractivity contribution in [1.29, 1.82) is 0 Å². The van der Waals surface area contributed by atoms with Crippen molar-refractivity contribution < 1.29 is 4.79 Å². The van der Waals surface area contributed by atoms with Gasteiger partial charge in [0.25, 0.3) is 0 Å². The van der Waals surface area contributed by atoms with Crippen molar-refractivity contribution >= 4 is 29.4 Å². The molecule has 0 aliphatic heterocycles. The quantitative estimate of drug-likeness (QED) is 0.789. The van der Waals surface area contributed by atoms with Crippen LogP contribution in [-0.4, -0.2) is 10.9 Å². The van der Waals surface area contributed by atoms with Crippen molar-refractivity contribution in [1.82, 2.24) is 4.98 Å². The van der Waals surface area contributed by atoms with Gasteiger partial charge in [0.2, 0.25) is 5.91 Å². The van der Waals surface area contributed by atoms with Crippen LogP contribution in [0.15, 0.2) is 18.8 Å². The Hall–Kier alpha value is -1.35. The maximum atomic E-state index is 10.7. The van der Waals surface area contributed by atoms with Crippen molar-refractivity contribution in [3.8, 4) is 0 Å². The van der Waals surface area contributed by atoms with Crippen LogP contribution in [0.1, 0.15) is 12.5 Å². The van der Waals surface area contributed by atoms with E-state index in [0.29, 0.717) is 10.8 Å². The highest BCUT2D eigenvalue weighted by molar-refractivity contribution is 6.33. The lowest BCUT2D eigenvalue weighted by atomic mass is 10.3. The predicted molar refractivity (Wildman–Crippen MR) is 53.6 cm³/mol. The Kier molecular flexibility index (Phi) is 3.03. The van der Waals surface area contributed by atoms with E-state index >= 15 is 0 Å². The first-order valence-electron chi connectivity index (χ1n) is 3.69. The molecule has 1 aromatic heterocycles. The summed E-state index contributed by atoms with van der Waals surface area (Å²) in [5.41, 5.74) is 0.819. The molecule has 0 aliphatic rings. The Balaban J connectivity index is 2.98. The number of carbonyl (C=O) groups is 1. The van der Waals surface area contributed by atoms with Gasteiger partial charge in [-0.15, -0.1) is 0 Å². The van der Waals surface area contributed by atoms with Crippen LogP contribution in [-0.2, 0) is 4.79 Å². The first-order chi connectivity index (χ1) is 6.13. The minimum Gasteiger partial charge on any atom is -0.310 e. The number of carbonyl (C=O) groups excluding carboxylic acids is 1. The summed E-state index contributed by atoms with van der Waals surface area (Å²) in [5.74, 6) is 0.181. The summed E-state index contributed by atoms with van der Waals surface area (Å²) in [6.07, 6.45) is 3.22. The number of nitrogens with zero attached hydrogens (tertiary/aromatic N) is 1. The second kappa shape index (κ2) is 4.05. The zero-order valence-corrected chi connectivity index (χ0v) is 7.93. The molecule has 3 nitrogen and oxygen atoms in total. The average Bonchev–Trinajstić information content (AvgIpc) is 2.08. The number of halogens is 1. The summed E-state index contributed by atoms with van der Waals surface area (Å²) in [4.78, 5) is 14.6. The highest BCUT2D eigenvalue weighted by Gasteiger charge is 2.02. The van der Waals surface area contributed by atoms with E-state index in [1.165, 1.54) is 6.92 Å². The van der Waals surface area contributed by atoms with Crippen LogP contribution in [0.25, 0.3) is 6.08 Å². The Bertz CT molecular complexity index is 349. The molecule has 4 heteroatoms. The van der Waals surface area contributed by atoms with Gasteiger partial charge in [-0.2, -0.15) is 0 Å². The summed E-state index contributed by atoms with van der Waals surface area (Å²) in [7, 11) is 0. The first-order valence-corrected chi connectivity index (χ1v) is 4.07. The standard InChI is InChI=1S/C9H9ClN2O/c1-3-7-4-8(10)9(11-5-7)12-6(2)13/h3-5H,1H2,2H3,(H,11,12,13). The summed E-state index contributed by atoms with van der Waals surface area (Å²) in [5, 5.41) is 2.92. The zero-order chi connectivity index (χ0) is 9.84. The number of nitrogens with one attached hydrogen (secondary N) is 1. The van der Waals surface area contributed by atoms with E-state index in [-0.39, 0.29) is 5.91 Å². The molecule has 1 rings (SSSR count). The molecular weight excluding hydrogens is 188 g/mol. The Morgan fingerprint density at radius 3 is 2.92 bits per heavy atom. The van der Waals surface area contributed by atoms with E-state index in [1.807, 2.05) is 0 Å². The molecule has 0 spiro atoms. The van der Waals surface area contributed by atoms with E-state index in [4.69, 9.17) is 11.6 Å². The summed E-state index contributed by atoms with van der Waals surface area (Å²) < 4.78 is 0. The fourth-order valence-corrected chi connectivity index (χ4v) is 1.05. The van der Waals surface area contributed by atoms with E-state index in [1.54, 1.807) is 18.3 Å². The highest BCUT2D eigenvalue weighted by Crippen LogP contribution is 2.20. The Labute approximate surface area is 81.4 Å². The molecular formula is C9H9ClN2O. The van der Waals surface area contributed by atoms with Crippen LogP contribution in [0.2, 0.25) is 5.02 Å². The van der Waals surface area contributed by atoms with Crippen LogP contribution in [0.3, 0.4) is 0 Å². The molecule has 68 valence electrons. The Morgan fingerprint density at radius 2 is 2.46 bits per heavy atom. The van der Waals surface area contributed by atoms with Gasteiger partial charge in [0, 0.05) is 13.1 Å². The molecule has 0 atom stereocenters. The maximum Gasteiger partial charge on any atom is 0.222 e. The molecule has 1 aromatic rings. The highest BCUT2D eigenvalue weighted by atomic mass is 35.5. The van der Waals surface area contributed by atoms with E-state index in [9.17, 15) is 4.79 Å². The number of anilines is 1. The fraction of sp³-hybridized carbons (Fsp3) is 0.111. The number of hydrogen-bond acceptors (Lipinski definition) is 2. The molecule has 1 amide bonds. The smallest absolute Gasteiger partial charge is 0.222 e. The van der Waals surface area contributed by atoms with Crippen LogP contribution in [0, 0.1) is 0 Å². The lowest BCUT2D eigenvalue weighted by Crippen LogP contribution is -2.07. The molecule has 1 N–H and O–H groups in total. The lowest BCUT2D eigenvalue weighted by molar-refractivity contribution is -0.114. The van der Waals surface area contributed by atoms with Crippen molar-refractivity contribution in [3.05, 3.63) is 29.4 Å². The SMILES string of the molecule is C=Cc1cnc(NC(C)=O)c(Cl)c1. The third-order valence-electron chi connectivity index (χ3n) is 1.39.